The van der Waals surface area contributed by atoms with Crippen molar-refractivity contribution in [3.63, 3.8) is 0 Å². The van der Waals surface area contributed by atoms with E-state index in [1.165, 1.54) is 0 Å². The van der Waals surface area contributed by atoms with Gasteiger partial charge in [0.15, 0.2) is 0 Å². The van der Waals surface area contributed by atoms with Crippen LogP contribution in [-0.2, 0) is 14.3 Å². The number of ether oxygens (including phenoxy) is 2. The zero-order valence-electron chi connectivity index (χ0n) is 13.0. The number of alkyl halides is 3. The predicted molar refractivity (Wildman–Crippen MR) is 73.7 cm³/mol. The third kappa shape index (κ3) is 8.26. The van der Waals surface area contributed by atoms with Crippen molar-refractivity contribution >= 4 is 5.97 Å². The summed E-state index contributed by atoms with van der Waals surface area (Å²) < 4.78 is 45.5. The molecule has 0 aliphatic heterocycles. The lowest BCUT2D eigenvalue weighted by atomic mass is 9.76. The molecule has 7 heteroatoms. The van der Waals surface area contributed by atoms with Crippen LogP contribution in [0.3, 0.4) is 0 Å². The first-order valence-electron chi connectivity index (χ1n) is 7.18. The monoisotopic (exact) mass is 313 g/mol. The molecular weight excluding hydrogens is 287 g/mol. The van der Waals surface area contributed by atoms with Gasteiger partial charge in [0.1, 0.15) is 6.61 Å². The van der Waals surface area contributed by atoms with Gasteiger partial charge in [-0.15, -0.1) is 0 Å². The first-order valence-corrected chi connectivity index (χ1v) is 7.18. The summed E-state index contributed by atoms with van der Waals surface area (Å²) in [4.78, 5) is 12.1. The fraction of sp³-hybridized carbons (Fsp3) is 0.929. The van der Waals surface area contributed by atoms with Crippen molar-refractivity contribution in [2.24, 2.45) is 17.1 Å². The van der Waals surface area contributed by atoms with Gasteiger partial charge in [-0.25, -0.2) is 0 Å². The van der Waals surface area contributed by atoms with Gasteiger partial charge < -0.3 is 15.2 Å². The van der Waals surface area contributed by atoms with Crippen LogP contribution < -0.4 is 5.73 Å². The average Bonchev–Trinajstić information content (AvgIpc) is 2.35. The smallest absolute Gasteiger partial charge is 0.411 e. The van der Waals surface area contributed by atoms with Crippen LogP contribution in [0.15, 0.2) is 0 Å². The second-order valence-electron chi connectivity index (χ2n) is 5.57. The highest BCUT2D eigenvalue weighted by atomic mass is 19.4. The third-order valence-corrected chi connectivity index (χ3v) is 3.11. The van der Waals surface area contributed by atoms with E-state index in [-0.39, 0.29) is 31.6 Å². The number of carbonyl (C=O) groups is 1. The Kier molecular flexibility index (Phi) is 8.89. The van der Waals surface area contributed by atoms with Gasteiger partial charge in [-0.1, -0.05) is 13.8 Å². The molecule has 0 rings (SSSR count). The first-order chi connectivity index (χ1) is 9.67. The van der Waals surface area contributed by atoms with Gasteiger partial charge in [0.05, 0.1) is 12.0 Å². The van der Waals surface area contributed by atoms with Crippen molar-refractivity contribution in [1.29, 1.82) is 0 Å². The van der Waals surface area contributed by atoms with Crippen molar-refractivity contribution in [1.82, 2.24) is 0 Å². The molecule has 0 heterocycles. The van der Waals surface area contributed by atoms with Crippen molar-refractivity contribution in [3.8, 4) is 0 Å². The van der Waals surface area contributed by atoms with Gasteiger partial charge in [-0.2, -0.15) is 13.2 Å². The molecule has 0 aliphatic rings. The van der Waals surface area contributed by atoms with E-state index in [9.17, 15) is 18.0 Å². The first kappa shape index (κ1) is 20.2. The molecule has 4 nitrogen and oxygen atoms in total. The molecular formula is C14H26F3NO3. The summed E-state index contributed by atoms with van der Waals surface area (Å²) in [5.74, 6) is -0.147. The van der Waals surface area contributed by atoms with Crippen molar-refractivity contribution in [2.45, 2.75) is 46.2 Å². The van der Waals surface area contributed by atoms with E-state index in [0.29, 0.717) is 19.3 Å². The van der Waals surface area contributed by atoms with Crippen LogP contribution >= 0.6 is 0 Å². The molecule has 0 saturated heterocycles. The van der Waals surface area contributed by atoms with E-state index >= 15 is 0 Å². The second-order valence-corrected chi connectivity index (χ2v) is 5.57. The maximum Gasteiger partial charge on any atom is 0.411 e. The van der Waals surface area contributed by atoms with Crippen molar-refractivity contribution in [2.75, 3.05) is 26.4 Å². The van der Waals surface area contributed by atoms with E-state index < -0.39 is 18.2 Å². The Morgan fingerprint density at radius 2 is 1.90 bits per heavy atom. The zero-order chi connectivity index (χ0) is 16.5. The highest BCUT2D eigenvalue weighted by Crippen LogP contribution is 2.32. The minimum absolute atomic E-state index is 0.0568. The Hall–Kier alpha value is -0.820. The quantitative estimate of drug-likeness (QED) is 0.497. The van der Waals surface area contributed by atoms with E-state index in [1.54, 1.807) is 6.92 Å². The molecule has 1 unspecified atom stereocenters. The minimum Gasteiger partial charge on any atom is -0.466 e. The Balaban J connectivity index is 4.50. The number of rotatable bonds is 10. The molecule has 21 heavy (non-hydrogen) atoms. The molecule has 0 aliphatic carbocycles. The Morgan fingerprint density at radius 3 is 2.33 bits per heavy atom. The summed E-state index contributed by atoms with van der Waals surface area (Å²) in [6.07, 6.45) is -3.09. The van der Waals surface area contributed by atoms with Gasteiger partial charge in [-0.3, -0.25) is 4.79 Å². The Bertz CT molecular complexity index is 308. The summed E-state index contributed by atoms with van der Waals surface area (Å²) >= 11 is 0. The van der Waals surface area contributed by atoms with Crippen LogP contribution in [0, 0.1) is 11.3 Å². The zero-order valence-corrected chi connectivity index (χ0v) is 13.0. The van der Waals surface area contributed by atoms with E-state index in [1.807, 2.05) is 13.8 Å². The molecule has 0 saturated carbocycles. The van der Waals surface area contributed by atoms with Crippen LogP contribution in [-0.4, -0.2) is 38.5 Å². The molecule has 2 N–H and O–H groups in total. The fourth-order valence-corrected chi connectivity index (χ4v) is 2.32. The highest BCUT2D eigenvalue weighted by molar-refractivity contribution is 5.77. The molecule has 0 aromatic carbocycles. The Morgan fingerprint density at radius 1 is 1.29 bits per heavy atom. The maximum absolute atomic E-state index is 12.1. The standard InChI is InChI=1S/C14H26F3NO3/c1-4-21-12(19)13(9-18,8-11(2)3)6-5-7-20-10-14(15,16)17/h11H,4-10,18H2,1-3H3. The maximum atomic E-state index is 12.1. The Labute approximate surface area is 124 Å². The van der Waals surface area contributed by atoms with Crippen LogP contribution in [0.5, 0.6) is 0 Å². The lowest BCUT2D eigenvalue weighted by Gasteiger charge is -2.31. The largest absolute Gasteiger partial charge is 0.466 e. The SMILES string of the molecule is CCOC(=O)C(CN)(CCCOCC(F)(F)F)CC(C)C. The molecule has 0 aromatic heterocycles. The lowest BCUT2D eigenvalue weighted by Crippen LogP contribution is -2.41. The highest BCUT2D eigenvalue weighted by Gasteiger charge is 2.38. The van der Waals surface area contributed by atoms with Crippen molar-refractivity contribution in [3.05, 3.63) is 0 Å². The van der Waals surface area contributed by atoms with Gasteiger partial charge in [0.2, 0.25) is 0 Å². The summed E-state index contributed by atoms with van der Waals surface area (Å²) in [5, 5.41) is 0. The molecule has 0 radical (unpaired) electrons. The molecule has 0 amide bonds. The van der Waals surface area contributed by atoms with E-state index in [2.05, 4.69) is 4.74 Å². The van der Waals surface area contributed by atoms with Crippen LogP contribution in [0.25, 0.3) is 0 Å². The summed E-state index contributed by atoms with van der Waals surface area (Å²) in [6, 6.07) is 0. The second kappa shape index (κ2) is 9.25. The van der Waals surface area contributed by atoms with E-state index in [0.717, 1.165) is 0 Å². The summed E-state index contributed by atoms with van der Waals surface area (Å²) in [5.41, 5.74) is 4.91. The van der Waals surface area contributed by atoms with Crippen LogP contribution in [0.2, 0.25) is 0 Å². The number of carbonyl (C=O) groups excluding carboxylic acids is 1. The molecule has 126 valence electrons. The number of hydrogen-bond donors (Lipinski definition) is 1. The average molecular weight is 313 g/mol. The molecule has 0 bridgehead atoms. The molecule has 0 spiro atoms. The number of nitrogens with two attached hydrogens (primary N) is 1. The number of esters is 1. The number of halogens is 3. The van der Waals surface area contributed by atoms with Gasteiger partial charge in [0, 0.05) is 13.2 Å². The van der Waals surface area contributed by atoms with Gasteiger partial charge in [0.25, 0.3) is 0 Å². The number of hydrogen-bond acceptors (Lipinski definition) is 4. The molecule has 0 aromatic rings. The van der Waals surface area contributed by atoms with Gasteiger partial charge >= 0.3 is 12.1 Å². The van der Waals surface area contributed by atoms with Crippen LogP contribution in [0.1, 0.15) is 40.0 Å². The molecule has 0 fully saturated rings. The summed E-state index contributed by atoms with van der Waals surface area (Å²) in [6.45, 7) is 4.67. The minimum atomic E-state index is -4.33. The predicted octanol–water partition coefficient (Wildman–Crippen LogP) is 2.90. The van der Waals surface area contributed by atoms with Crippen LogP contribution in [0.4, 0.5) is 13.2 Å². The normalized spacial score (nSPS) is 15.0. The van der Waals surface area contributed by atoms with Crippen molar-refractivity contribution < 1.29 is 27.4 Å². The topological polar surface area (TPSA) is 61.5 Å². The summed E-state index contributed by atoms with van der Waals surface area (Å²) in [7, 11) is 0. The fourth-order valence-electron chi connectivity index (χ4n) is 2.32. The third-order valence-electron chi connectivity index (χ3n) is 3.11. The lowest BCUT2D eigenvalue weighted by molar-refractivity contribution is -0.175. The molecule has 1 atom stereocenters. The van der Waals surface area contributed by atoms with E-state index in [4.69, 9.17) is 10.5 Å². The van der Waals surface area contributed by atoms with Gasteiger partial charge in [-0.05, 0) is 32.1 Å².